The Bertz CT molecular complexity index is 564. The van der Waals surface area contributed by atoms with Crippen LogP contribution in [0.1, 0.15) is 28.3 Å². The lowest BCUT2D eigenvalue weighted by Crippen LogP contribution is -2.30. The van der Waals surface area contributed by atoms with E-state index in [0.29, 0.717) is 0 Å². The van der Waals surface area contributed by atoms with Gasteiger partial charge >= 0.3 is 0 Å². The summed E-state index contributed by atoms with van der Waals surface area (Å²) in [5, 5.41) is 0. The number of rotatable bonds is 4. The van der Waals surface area contributed by atoms with Gasteiger partial charge in [0.25, 0.3) is 0 Å². The zero-order valence-corrected chi connectivity index (χ0v) is 11.5. The van der Waals surface area contributed by atoms with E-state index >= 15 is 0 Å². The Morgan fingerprint density at radius 1 is 1.11 bits per heavy atom. The summed E-state index contributed by atoms with van der Waals surface area (Å²) in [6, 6.07) is 14.4. The van der Waals surface area contributed by atoms with Crippen molar-refractivity contribution in [1.82, 2.24) is 5.43 Å². The first kappa shape index (κ1) is 13.6. The summed E-state index contributed by atoms with van der Waals surface area (Å²) in [6.45, 7) is 4.22. The van der Waals surface area contributed by atoms with Crippen molar-refractivity contribution in [2.24, 2.45) is 5.84 Å². The van der Waals surface area contributed by atoms with Crippen LogP contribution >= 0.6 is 0 Å². The highest BCUT2D eigenvalue weighted by atomic mass is 15.2. The van der Waals surface area contributed by atoms with Crippen LogP contribution in [-0.2, 0) is 6.42 Å². The van der Waals surface area contributed by atoms with Gasteiger partial charge in [0.2, 0.25) is 0 Å². The first-order valence-corrected chi connectivity index (χ1v) is 6.48. The maximum Gasteiger partial charge on any atom is 0.0520 e. The molecule has 0 heterocycles. The van der Waals surface area contributed by atoms with Crippen molar-refractivity contribution in [3.05, 3.63) is 64.7 Å². The lowest BCUT2D eigenvalue weighted by molar-refractivity contribution is 0.552. The van der Waals surface area contributed by atoms with E-state index in [4.69, 9.17) is 11.6 Å². The molecule has 19 heavy (non-hydrogen) atoms. The van der Waals surface area contributed by atoms with Crippen molar-refractivity contribution in [3.8, 4) is 0 Å². The lowest BCUT2D eigenvalue weighted by atomic mass is 9.94. The van der Waals surface area contributed by atoms with E-state index in [1.807, 2.05) is 24.3 Å². The molecule has 5 N–H and O–H groups in total. The maximum atomic E-state index is 6.02. The largest absolute Gasteiger partial charge is 0.398 e. The summed E-state index contributed by atoms with van der Waals surface area (Å²) in [7, 11) is 0. The summed E-state index contributed by atoms with van der Waals surface area (Å²) in [6.07, 6.45) is 0.832. The minimum atomic E-state index is 0.0294. The zero-order valence-electron chi connectivity index (χ0n) is 11.5. The third-order valence-corrected chi connectivity index (χ3v) is 3.50. The van der Waals surface area contributed by atoms with Gasteiger partial charge in [0.15, 0.2) is 0 Å². The number of hydrogen-bond donors (Lipinski definition) is 3. The van der Waals surface area contributed by atoms with Crippen molar-refractivity contribution < 1.29 is 0 Å². The number of hydrazine groups is 1. The summed E-state index contributed by atoms with van der Waals surface area (Å²) in [5.41, 5.74) is 14.6. The van der Waals surface area contributed by atoms with Gasteiger partial charge in [0, 0.05) is 5.69 Å². The summed E-state index contributed by atoms with van der Waals surface area (Å²) >= 11 is 0. The highest BCUT2D eigenvalue weighted by Gasteiger charge is 2.14. The van der Waals surface area contributed by atoms with Gasteiger partial charge < -0.3 is 5.73 Å². The topological polar surface area (TPSA) is 64.1 Å². The Morgan fingerprint density at radius 3 is 2.53 bits per heavy atom. The highest BCUT2D eigenvalue weighted by Crippen LogP contribution is 2.24. The summed E-state index contributed by atoms with van der Waals surface area (Å²) in [5.74, 6) is 5.70. The molecule has 100 valence electrons. The predicted molar refractivity (Wildman–Crippen MR) is 80.5 cm³/mol. The molecule has 0 radical (unpaired) electrons. The molecule has 0 saturated heterocycles. The molecule has 0 aliphatic heterocycles. The van der Waals surface area contributed by atoms with Gasteiger partial charge in [0.05, 0.1) is 6.04 Å². The number of hydrogen-bond acceptors (Lipinski definition) is 3. The molecule has 1 atom stereocenters. The number of aryl methyl sites for hydroxylation is 2. The quantitative estimate of drug-likeness (QED) is 0.447. The zero-order chi connectivity index (χ0) is 13.8. The normalized spacial score (nSPS) is 12.4. The molecular formula is C16H21N3. The molecule has 0 amide bonds. The second kappa shape index (κ2) is 5.87. The van der Waals surface area contributed by atoms with Gasteiger partial charge in [-0.05, 0) is 43.0 Å². The van der Waals surface area contributed by atoms with E-state index in [9.17, 15) is 0 Å². The van der Waals surface area contributed by atoms with Gasteiger partial charge in [-0.3, -0.25) is 11.3 Å². The van der Waals surface area contributed by atoms with E-state index in [-0.39, 0.29) is 6.04 Å². The Hall–Kier alpha value is -1.84. The lowest BCUT2D eigenvalue weighted by Gasteiger charge is -2.19. The van der Waals surface area contributed by atoms with Gasteiger partial charge in [-0.1, -0.05) is 42.0 Å². The fourth-order valence-electron chi connectivity index (χ4n) is 2.33. The molecule has 3 heteroatoms. The molecule has 0 bridgehead atoms. The average Bonchev–Trinajstić information content (AvgIpc) is 2.41. The minimum absolute atomic E-state index is 0.0294. The number of anilines is 1. The molecule has 1 unspecified atom stereocenters. The van der Waals surface area contributed by atoms with Crippen LogP contribution in [0.5, 0.6) is 0 Å². The summed E-state index contributed by atoms with van der Waals surface area (Å²) < 4.78 is 0. The van der Waals surface area contributed by atoms with Crippen LogP contribution in [0.15, 0.2) is 42.5 Å². The minimum Gasteiger partial charge on any atom is -0.398 e. The fraction of sp³-hybridized carbons (Fsp3) is 0.250. The van der Waals surface area contributed by atoms with Crippen LogP contribution in [0.25, 0.3) is 0 Å². The highest BCUT2D eigenvalue weighted by molar-refractivity contribution is 5.48. The molecule has 0 saturated carbocycles. The molecular weight excluding hydrogens is 234 g/mol. The Labute approximate surface area is 114 Å². The monoisotopic (exact) mass is 255 g/mol. The number of nitrogen functional groups attached to an aromatic ring is 1. The molecule has 0 spiro atoms. The Morgan fingerprint density at radius 2 is 1.84 bits per heavy atom. The third kappa shape index (κ3) is 3.13. The van der Waals surface area contributed by atoms with E-state index in [0.717, 1.165) is 17.7 Å². The fourth-order valence-corrected chi connectivity index (χ4v) is 2.33. The van der Waals surface area contributed by atoms with Crippen LogP contribution in [0.2, 0.25) is 0 Å². The standard InChI is InChI=1S/C16H21N3/c1-11-7-8-12(2)13(9-11)10-16(19-18)14-5-3-4-6-15(14)17/h3-9,16,19H,10,17-18H2,1-2H3. The maximum absolute atomic E-state index is 6.02. The smallest absolute Gasteiger partial charge is 0.0520 e. The molecule has 2 rings (SSSR count). The number of nitrogens with one attached hydrogen (secondary N) is 1. The van der Waals surface area contributed by atoms with Gasteiger partial charge in [-0.25, -0.2) is 0 Å². The molecule has 0 fully saturated rings. The number of benzene rings is 2. The van der Waals surface area contributed by atoms with Crippen LogP contribution in [0.4, 0.5) is 5.69 Å². The van der Waals surface area contributed by atoms with Crippen molar-refractivity contribution in [2.45, 2.75) is 26.3 Å². The second-order valence-corrected chi connectivity index (χ2v) is 4.98. The molecule has 0 aromatic heterocycles. The first-order valence-electron chi connectivity index (χ1n) is 6.48. The molecule has 2 aromatic rings. The van der Waals surface area contributed by atoms with Crippen molar-refractivity contribution >= 4 is 5.69 Å². The summed E-state index contributed by atoms with van der Waals surface area (Å²) in [4.78, 5) is 0. The van der Waals surface area contributed by atoms with Crippen molar-refractivity contribution in [2.75, 3.05) is 5.73 Å². The Balaban J connectivity index is 2.29. The molecule has 0 aliphatic rings. The van der Waals surface area contributed by atoms with Crippen LogP contribution in [0, 0.1) is 13.8 Å². The molecule has 3 nitrogen and oxygen atoms in total. The van der Waals surface area contributed by atoms with Crippen molar-refractivity contribution in [1.29, 1.82) is 0 Å². The van der Waals surface area contributed by atoms with Gasteiger partial charge in [0.1, 0.15) is 0 Å². The number of nitrogens with two attached hydrogens (primary N) is 2. The van der Waals surface area contributed by atoms with E-state index in [1.54, 1.807) is 0 Å². The van der Waals surface area contributed by atoms with Crippen LogP contribution in [0.3, 0.4) is 0 Å². The first-order chi connectivity index (χ1) is 9.11. The van der Waals surface area contributed by atoms with Crippen LogP contribution < -0.4 is 17.0 Å². The molecule has 2 aromatic carbocycles. The van der Waals surface area contributed by atoms with Crippen LogP contribution in [-0.4, -0.2) is 0 Å². The molecule has 0 aliphatic carbocycles. The Kier molecular flexibility index (Phi) is 4.20. The third-order valence-electron chi connectivity index (χ3n) is 3.50. The van der Waals surface area contributed by atoms with E-state index in [1.165, 1.54) is 16.7 Å². The van der Waals surface area contributed by atoms with Crippen molar-refractivity contribution in [3.63, 3.8) is 0 Å². The second-order valence-electron chi connectivity index (χ2n) is 4.98. The van der Waals surface area contributed by atoms with Gasteiger partial charge in [-0.2, -0.15) is 0 Å². The predicted octanol–water partition coefficient (Wildman–Crippen LogP) is 2.63. The number of para-hydroxylation sites is 1. The van der Waals surface area contributed by atoms with E-state index in [2.05, 4.69) is 37.5 Å². The average molecular weight is 255 g/mol. The van der Waals surface area contributed by atoms with Gasteiger partial charge in [-0.15, -0.1) is 0 Å². The SMILES string of the molecule is Cc1ccc(C)c(CC(NN)c2ccccc2N)c1. The van der Waals surface area contributed by atoms with E-state index < -0.39 is 0 Å².